The van der Waals surface area contributed by atoms with Gasteiger partial charge in [0.25, 0.3) is 0 Å². The van der Waals surface area contributed by atoms with Crippen molar-refractivity contribution in [1.29, 1.82) is 0 Å². The van der Waals surface area contributed by atoms with Crippen molar-refractivity contribution in [1.82, 2.24) is 9.97 Å². The third kappa shape index (κ3) is 2.09. The lowest BCUT2D eigenvalue weighted by Gasteiger charge is -2.05. The molecule has 70 valence electrons. The first-order chi connectivity index (χ1) is 6.86. The molecule has 0 saturated carbocycles. The number of halogens is 1. The van der Waals surface area contributed by atoms with Gasteiger partial charge in [0.05, 0.1) is 4.47 Å². The number of nitrogens with zero attached hydrogens (tertiary/aromatic N) is 2. The number of nitrogens with one attached hydrogen (secondary N) is 1. The van der Waals surface area contributed by atoms with Crippen LogP contribution in [0.5, 0.6) is 0 Å². The Bertz CT molecular complexity index is 417. The van der Waals surface area contributed by atoms with E-state index in [-0.39, 0.29) is 0 Å². The van der Waals surface area contributed by atoms with Gasteiger partial charge in [-0.3, -0.25) is 0 Å². The Balaban J connectivity index is 2.24. The van der Waals surface area contributed by atoms with Crippen LogP contribution in [0.1, 0.15) is 0 Å². The number of rotatable bonds is 2. The normalized spacial score (nSPS) is 9.79. The molecule has 0 aliphatic heterocycles. The highest BCUT2D eigenvalue weighted by atomic mass is 79.9. The van der Waals surface area contributed by atoms with Gasteiger partial charge in [-0.1, -0.05) is 18.2 Å². The first kappa shape index (κ1) is 9.15. The van der Waals surface area contributed by atoms with Crippen LogP contribution in [0.3, 0.4) is 0 Å². The fourth-order valence-corrected chi connectivity index (χ4v) is 1.38. The van der Waals surface area contributed by atoms with Gasteiger partial charge < -0.3 is 5.32 Å². The molecule has 1 aromatic carbocycles. The zero-order valence-electron chi connectivity index (χ0n) is 7.31. The molecule has 0 bridgehead atoms. The second-order valence-corrected chi connectivity index (χ2v) is 3.56. The van der Waals surface area contributed by atoms with Crippen molar-refractivity contribution in [2.75, 3.05) is 5.32 Å². The van der Waals surface area contributed by atoms with Crippen LogP contribution in [0.4, 0.5) is 11.5 Å². The van der Waals surface area contributed by atoms with Crippen molar-refractivity contribution >= 4 is 27.4 Å². The Morgan fingerprint density at radius 3 is 2.64 bits per heavy atom. The van der Waals surface area contributed by atoms with Crippen molar-refractivity contribution in [2.45, 2.75) is 0 Å². The monoisotopic (exact) mass is 249 g/mol. The molecule has 0 atom stereocenters. The summed E-state index contributed by atoms with van der Waals surface area (Å²) < 4.78 is 0.851. The van der Waals surface area contributed by atoms with Gasteiger partial charge in [-0.2, -0.15) is 0 Å². The topological polar surface area (TPSA) is 37.8 Å². The van der Waals surface area contributed by atoms with Crippen LogP contribution in [-0.4, -0.2) is 9.97 Å². The van der Waals surface area contributed by atoms with Gasteiger partial charge >= 0.3 is 0 Å². The lowest BCUT2D eigenvalue weighted by atomic mass is 10.3. The predicted molar refractivity (Wildman–Crippen MR) is 59.5 cm³/mol. The Morgan fingerprint density at radius 2 is 1.93 bits per heavy atom. The Labute approximate surface area is 90.3 Å². The molecule has 0 aliphatic carbocycles. The van der Waals surface area contributed by atoms with E-state index >= 15 is 0 Å². The molecule has 3 nitrogen and oxygen atoms in total. The lowest BCUT2D eigenvalue weighted by Crippen LogP contribution is -1.94. The summed E-state index contributed by atoms with van der Waals surface area (Å²) in [4.78, 5) is 7.99. The molecule has 2 rings (SSSR count). The molecule has 0 spiro atoms. The average Bonchev–Trinajstić information content (AvgIpc) is 2.23. The summed E-state index contributed by atoms with van der Waals surface area (Å²) in [5, 5.41) is 3.17. The quantitative estimate of drug-likeness (QED) is 0.890. The summed E-state index contributed by atoms with van der Waals surface area (Å²) in [6.07, 6.45) is 3.22. The van der Waals surface area contributed by atoms with E-state index in [0.717, 1.165) is 16.0 Å². The number of hydrogen-bond acceptors (Lipinski definition) is 3. The Morgan fingerprint density at radius 1 is 1.14 bits per heavy atom. The summed E-state index contributed by atoms with van der Waals surface area (Å²) in [5.74, 6) is 0.770. The third-order valence-corrected chi connectivity index (χ3v) is 2.28. The standard InChI is InChI=1S/C10H8BrN3/c11-9-6-12-7-13-10(9)14-8-4-2-1-3-5-8/h1-7H,(H,12,13,14). The van der Waals surface area contributed by atoms with E-state index in [1.165, 1.54) is 6.33 Å². The average molecular weight is 250 g/mol. The third-order valence-electron chi connectivity index (χ3n) is 1.70. The van der Waals surface area contributed by atoms with Gasteiger partial charge in [0.15, 0.2) is 0 Å². The maximum absolute atomic E-state index is 4.10. The van der Waals surface area contributed by atoms with E-state index in [0.29, 0.717) is 0 Å². The minimum atomic E-state index is 0.770. The van der Waals surface area contributed by atoms with Gasteiger partial charge in [-0.15, -0.1) is 0 Å². The highest BCUT2D eigenvalue weighted by molar-refractivity contribution is 9.10. The largest absolute Gasteiger partial charge is 0.339 e. The number of benzene rings is 1. The van der Waals surface area contributed by atoms with E-state index < -0.39 is 0 Å². The molecule has 0 amide bonds. The van der Waals surface area contributed by atoms with Crippen LogP contribution >= 0.6 is 15.9 Å². The second kappa shape index (κ2) is 4.19. The molecule has 0 saturated heterocycles. The molecule has 0 aliphatic rings. The molecule has 0 radical (unpaired) electrons. The highest BCUT2D eigenvalue weighted by Gasteiger charge is 1.99. The molecule has 1 N–H and O–H groups in total. The molecule has 1 heterocycles. The van der Waals surface area contributed by atoms with Crippen LogP contribution < -0.4 is 5.32 Å². The molecular weight excluding hydrogens is 242 g/mol. The summed E-state index contributed by atoms with van der Waals surface area (Å²) in [7, 11) is 0. The van der Waals surface area contributed by atoms with Crippen molar-refractivity contribution in [3.05, 3.63) is 47.3 Å². The van der Waals surface area contributed by atoms with Crippen LogP contribution in [0, 0.1) is 0 Å². The van der Waals surface area contributed by atoms with Crippen LogP contribution in [0.25, 0.3) is 0 Å². The summed E-state index contributed by atoms with van der Waals surface area (Å²) >= 11 is 3.37. The van der Waals surface area contributed by atoms with Crippen LogP contribution in [-0.2, 0) is 0 Å². The van der Waals surface area contributed by atoms with Gasteiger partial charge in [-0.25, -0.2) is 9.97 Å². The van der Waals surface area contributed by atoms with Gasteiger partial charge in [0.1, 0.15) is 12.1 Å². The summed E-state index contributed by atoms with van der Waals surface area (Å²) in [5.41, 5.74) is 1.01. The molecule has 1 aromatic heterocycles. The molecule has 0 fully saturated rings. The maximum Gasteiger partial charge on any atom is 0.148 e. The Hall–Kier alpha value is -1.42. The second-order valence-electron chi connectivity index (χ2n) is 2.71. The zero-order valence-corrected chi connectivity index (χ0v) is 8.90. The smallest absolute Gasteiger partial charge is 0.148 e. The number of hydrogen-bond donors (Lipinski definition) is 1. The molecule has 14 heavy (non-hydrogen) atoms. The zero-order chi connectivity index (χ0) is 9.80. The Kier molecular flexibility index (Phi) is 2.74. The van der Waals surface area contributed by atoms with Gasteiger partial charge in [0.2, 0.25) is 0 Å². The van der Waals surface area contributed by atoms with E-state index in [1.54, 1.807) is 6.20 Å². The van der Waals surface area contributed by atoms with Crippen LogP contribution in [0.15, 0.2) is 47.3 Å². The van der Waals surface area contributed by atoms with Gasteiger partial charge in [-0.05, 0) is 28.1 Å². The van der Waals surface area contributed by atoms with Crippen molar-refractivity contribution in [3.8, 4) is 0 Å². The lowest BCUT2D eigenvalue weighted by molar-refractivity contribution is 1.15. The first-order valence-corrected chi connectivity index (χ1v) is 4.93. The first-order valence-electron chi connectivity index (χ1n) is 4.14. The van der Waals surface area contributed by atoms with E-state index in [1.807, 2.05) is 30.3 Å². The SMILES string of the molecule is Brc1cncnc1Nc1ccccc1. The molecule has 4 heteroatoms. The van der Waals surface area contributed by atoms with Crippen molar-refractivity contribution in [2.24, 2.45) is 0 Å². The van der Waals surface area contributed by atoms with Crippen LogP contribution in [0.2, 0.25) is 0 Å². The molecule has 2 aromatic rings. The number of para-hydroxylation sites is 1. The number of aromatic nitrogens is 2. The van der Waals surface area contributed by atoms with E-state index in [4.69, 9.17) is 0 Å². The predicted octanol–water partition coefficient (Wildman–Crippen LogP) is 2.98. The maximum atomic E-state index is 4.10. The van der Waals surface area contributed by atoms with E-state index in [9.17, 15) is 0 Å². The fraction of sp³-hybridized carbons (Fsp3) is 0. The van der Waals surface area contributed by atoms with Gasteiger partial charge in [0, 0.05) is 11.9 Å². The summed E-state index contributed by atoms with van der Waals surface area (Å²) in [6.45, 7) is 0. The number of anilines is 2. The van der Waals surface area contributed by atoms with Crippen molar-refractivity contribution in [3.63, 3.8) is 0 Å². The molecular formula is C10H8BrN3. The summed E-state index contributed by atoms with van der Waals surface area (Å²) in [6, 6.07) is 9.87. The van der Waals surface area contributed by atoms with E-state index in [2.05, 4.69) is 31.2 Å². The van der Waals surface area contributed by atoms with Crippen molar-refractivity contribution < 1.29 is 0 Å². The molecule has 0 unspecified atom stereocenters. The highest BCUT2D eigenvalue weighted by Crippen LogP contribution is 2.21. The minimum absolute atomic E-state index is 0.770. The fourth-order valence-electron chi connectivity index (χ4n) is 1.06. The minimum Gasteiger partial charge on any atom is -0.339 e.